The Hall–Kier alpha value is 0.0374. The maximum Gasteiger partial charge on any atom is 1.00 e. The number of halogens is 1. The summed E-state index contributed by atoms with van der Waals surface area (Å²) in [5.41, 5.74) is 0. The minimum atomic E-state index is 0. The summed E-state index contributed by atoms with van der Waals surface area (Å²) in [6.45, 7) is 0. The van der Waals surface area contributed by atoms with Crippen LogP contribution in [0.2, 0.25) is 5.15 Å². The molecule has 0 radical (unpaired) electrons. The number of nitrogens with zero attached hydrogens (tertiary/aromatic N) is 1. The van der Waals surface area contributed by atoms with Crippen molar-refractivity contribution in [2.24, 2.45) is 0 Å². The van der Waals surface area contributed by atoms with Gasteiger partial charge in [0.15, 0.2) is 0 Å². The molecule has 0 saturated heterocycles. The molecule has 0 aromatic carbocycles. The Kier molecular flexibility index (Phi) is 3.99. The van der Waals surface area contributed by atoms with Crippen molar-refractivity contribution < 1.29 is 18.9 Å². The van der Waals surface area contributed by atoms with Crippen LogP contribution in [-0.2, 0) is 0 Å². The van der Waals surface area contributed by atoms with Gasteiger partial charge < -0.3 is 4.98 Å². The van der Waals surface area contributed by atoms with E-state index < -0.39 is 0 Å². The molecule has 1 rings (SSSR count). The Morgan fingerprint density at radius 3 is 2.62 bits per heavy atom. The molecule has 36 valence electrons. The molecule has 0 atom stereocenters. The average molecular weight is 119 g/mol. The van der Waals surface area contributed by atoms with Crippen LogP contribution in [0.25, 0.3) is 0 Å². The first-order valence-electron chi connectivity index (χ1n) is 1.88. The van der Waals surface area contributed by atoms with E-state index in [9.17, 15) is 0 Å². The van der Waals surface area contributed by atoms with Gasteiger partial charge in [-0.05, 0) is 0 Å². The molecule has 0 spiro atoms. The largest absolute Gasteiger partial charge is 1.00 e. The zero-order valence-corrected chi connectivity index (χ0v) is 5.31. The van der Waals surface area contributed by atoms with Gasteiger partial charge in [-0.15, -0.1) is 17.7 Å². The van der Waals surface area contributed by atoms with Gasteiger partial charge in [0.2, 0.25) is 0 Å². The summed E-state index contributed by atoms with van der Waals surface area (Å²) in [7, 11) is 0. The van der Waals surface area contributed by atoms with Crippen molar-refractivity contribution in [3.05, 3.63) is 29.5 Å². The second-order valence-corrected chi connectivity index (χ2v) is 1.48. The first-order chi connectivity index (χ1) is 3.39. The molecular formula is C5H3ClLiN. The smallest absolute Gasteiger partial charge is 0.376 e. The van der Waals surface area contributed by atoms with Crippen LogP contribution < -0.4 is 18.9 Å². The molecule has 0 N–H and O–H groups in total. The maximum atomic E-state index is 5.40. The average Bonchev–Trinajstić information content (AvgIpc) is 1.69. The van der Waals surface area contributed by atoms with Gasteiger partial charge in [-0.1, -0.05) is 6.20 Å². The molecule has 1 aromatic rings. The second kappa shape index (κ2) is 3.97. The number of aromatic nitrogens is 1. The minimum Gasteiger partial charge on any atom is -0.376 e. The Labute approximate surface area is 65.3 Å². The standard InChI is InChI=1S/C5H3ClN.Li/c6-5-3-1-2-4-7-5;/h1-3H;/q-1;+1. The van der Waals surface area contributed by atoms with E-state index in [-0.39, 0.29) is 18.9 Å². The fourth-order valence-electron chi connectivity index (χ4n) is 0.307. The van der Waals surface area contributed by atoms with Gasteiger partial charge in [0.1, 0.15) is 0 Å². The van der Waals surface area contributed by atoms with E-state index in [4.69, 9.17) is 11.6 Å². The first-order valence-corrected chi connectivity index (χ1v) is 2.26. The predicted molar refractivity (Wildman–Crippen MR) is 28.1 cm³/mol. The van der Waals surface area contributed by atoms with Gasteiger partial charge in [0.05, 0.1) is 0 Å². The molecule has 0 aliphatic rings. The Morgan fingerprint density at radius 1 is 1.62 bits per heavy atom. The van der Waals surface area contributed by atoms with Crippen LogP contribution in [0.3, 0.4) is 0 Å². The number of hydrogen-bond donors (Lipinski definition) is 0. The number of rotatable bonds is 0. The fraction of sp³-hybridized carbons (Fsp3) is 0. The summed E-state index contributed by atoms with van der Waals surface area (Å²) < 4.78 is 0. The molecule has 0 unspecified atom stereocenters. The quantitative estimate of drug-likeness (QED) is 0.231. The SMILES string of the molecule is Clc1ccc[c-]n1.[Li+]. The van der Waals surface area contributed by atoms with E-state index in [1.807, 2.05) is 0 Å². The summed E-state index contributed by atoms with van der Waals surface area (Å²) in [4.78, 5) is 3.62. The van der Waals surface area contributed by atoms with E-state index >= 15 is 0 Å². The van der Waals surface area contributed by atoms with Crippen LogP contribution >= 0.6 is 11.6 Å². The molecule has 3 heteroatoms. The molecule has 1 nitrogen and oxygen atoms in total. The van der Waals surface area contributed by atoms with E-state index in [1.165, 1.54) is 0 Å². The molecule has 8 heavy (non-hydrogen) atoms. The van der Waals surface area contributed by atoms with Crippen LogP contribution in [0.5, 0.6) is 0 Å². The normalized spacial score (nSPS) is 7.62. The summed E-state index contributed by atoms with van der Waals surface area (Å²) >= 11 is 5.40. The van der Waals surface area contributed by atoms with Crippen molar-refractivity contribution in [2.75, 3.05) is 0 Å². The van der Waals surface area contributed by atoms with E-state index in [0.717, 1.165) is 0 Å². The Morgan fingerprint density at radius 2 is 2.38 bits per heavy atom. The van der Waals surface area contributed by atoms with E-state index in [1.54, 1.807) is 18.2 Å². The number of hydrogen-bond acceptors (Lipinski definition) is 1. The molecular weight excluding hydrogens is 116 g/mol. The molecule has 0 saturated carbocycles. The third-order valence-corrected chi connectivity index (χ3v) is 0.786. The Bertz CT molecular complexity index is 142. The summed E-state index contributed by atoms with van der Waals surface area (Å²) in [6.07, 6.45) is 2.58. The van der Waals surface area contributed by atoms with Crippen LogP contribution in [0, 0.1) is 6.20 Å². The molecule has 0 fully saturated rings. The monoisotopic (exact) mass is 119 g/mol. The van der Waals surface area contributed by atoms with Gasteiger partial charge >= 0.3 is 18.9 Å². The van der Waals surface area contributed by atoms with Crippen LogP contribution in [0.1, 0.15) is 0 Å². The third kappa shape index (κ3) is 2.37. The van der Waals surface area contributed by atoms with Gasteiger partial charge in [0, 0.05) is 5.15 Å². The van der Waals surface area contributed by atoms with Gasteiger partial charge in [-0.3, -0.25) is 0 Å². The minimum absolute atomic E-state index is 0. The summed E-state index contributed by atoms with van der Waals surface area (Å²) in [5, 5.41) is 0.488. The van der Waals surface area contributed by atoms with Crippen molar-refractivity contribution in [3.63, 3.8) is 0 Å². The van der Waals surface area contributed by atoms with Crippen molar-refractivity contribution in [1.29, 1.82) is 0 Å². The topological polar surface area (TPSA) is 12.9 Å². The molecule has 0 bridgehead atoms. The van der Waals surface area contributed by atoms with Crippen molar-refractivity contribution in [3.8, 4) is 0 Å². The van der Waals surface area contributed by atoms with Crippen molar-refractivity contribution >= 4 is 11.6 Å². The molecule has 0 aliphatic carbocycles. The number of pyridine rings is 1. The summed E-state index contributed by atoms with van der Waals surface area (Å²) in [6, 6.07) is 5.19. The Balaban J connectivity index is 0.000000490. The van der Waals surface area contributed by atoms with Crippen molar-refractivity contribution in [2.45, 2.75) is 0 Å². The van der Waals surface area contributed by atoms with Crippen LogP contribution in [0.4, 0.5) is 0 Å². The zero-order valence-electron chi connectivity index (χ0n) is 4.56. The van der Waals surface area contributed by atoms with Gasteiger partial charge in [-0.25, -0.2) is 0 Å². The maximum absolute atomic E-state index is 5.40. The first kappa shape index (κ1) is 8.04. The van der Waals surface area contributed by atoms with E-state index in [2.05, 4.69) is 11.2 Å². The zero-order chi connectivity index (χ0) is 5.11. The molecule has 1 aromatic heterocycles. The van der Waals surface area contributed by atoms with Gasteiger partial charge in [-0.2, -0.15) is 12.1 Å². The predicted octanol–water partition coefficient (Wildman–Crippen LogP) is -1.46. The molecule has 0 aliphatic heterocycles. The van der Waals surface area contributed by atoms with Crippen molar-refractivity contribution in [1.82, 2.24) is 4.98 Å². The summed E-state index contributed by atoms with van der Waals surface area (Å²) in [5.74, 6) is 0. The fourth-order valence-corrected chi connectivity index (χ4v) is 0.428. The second-order valence-electron chi connectivity index (χ2n) is 1.09. The third-order valence-electron chi connectivity index (χ3n) is 0.576. The molecule has 1 heterocycles. The van der Waals surface area contributed by atoms with Gasteiger partial charge in [0.25, 0.3) is 0 Å². The van der Waals surface area contributed by atoms with Crippen LogP contribution in [-0.4, -0.2) is 4.98 Å². The van der Waals surface area contributed by atoms with Crippen LogP contribution in [0.15, 0.2) is 18.2 Å². The molecule has 0 amide bonds. The van der Waals surface area contributed by atoms with E-state index in [0.29, 0.717) is 5.15 Å².